The predicted molar refractivity (Wildman–Crippen MR) is 48.4 cm³/mol. The van der Waals surface area contributed by atoms with Gasteiger partial charge in [0, 0.05) is 7.11 Å². The minimum Gasteiger partial charge on any atom is -0.468 e. The highest BCUT2D eigenvalue weighted by molar-refractivity contribution is 5.41. The van der Waals surface area contributed by atoms with Crippen molar-refractivity contribution in [2.75, 3.05) is 13.9 Å². The van der Waals surface area contributed by atoms with Gasteiger partial charge in [0.2, 0.25) is 0 Å². The molecule has 3 heteroatoms. The lowest BCUT2D eigenvalue weighted by atomic mass is 10.1. The minimum atomic E-state index is 0.228. The third-order valence-electron chi connectivity index (χ3n) is 1.66. The first-order chi connectivity index (χ1) is 6.27. The summed E-state index contributed by atoms with van der Waals surface area (Å²) in [6.07, 6.45) is 0. The van der Waals surface area contributed by atoms with E-state index in [1.807, 2.05) is 13.0 Å². The molecule has 0 heterocycles. The lowest BCUT2D eigenvalue weighted by molar-refractivity contribution is 0.0511. The van der Waals surface area contributed by atoms with Crippen LogP contribution in [0.1, 0.15) is 11.1 Å². The second-order valence-corrected chi connectivity index (χ2v) is 2.64. The fourth-order valence-electron chi connectivity index (χ4n) is 0.978. The second-order valence-electron chi connectivity index (χ2n) is 2.64. The molecule has 0 fully saturated rings. The van der Waals surface area contributed by atoms with Crippen LogP contribution in [0.5, 0.6) is 5.75 Å². The van der Waals surface area contributed by atoms with Crippen molar-refractivity contribution in [1.82, 2.24) is 0 Å². The Morgan fingerprint density at radius 3 is 2.77 bits per heavy atom. The third kappa shape index (κ3) is 2.46. The van der Waals surface area contributed by atoms with Crippen molar-refractivity contribution in [1.29, 1.82) is 5.26 Å². The Morgan fingerprint density at radius 2 is 2.23 bits per heavy atom. The van der Waals surface area contributed by atoms with Crippen molar-refractivity contribution < 1.29 is 9.47 Å². The van der Waals surface area contributed by atoms with E-state index in [-0.39, 0.29) is 6.79 Å². The van der Waals surface area contributed by atoms with Crippen LogP contribution in [-0.4, -0.2) is 13.9 Å². The molecule has 1 aromatic carbocycles. The maximum absolute atomic E-state index is 8.67. The highest BCUT2D eigenvalue weighted by atomic mass is 16.7. The molecular weight excluding hydrogens is 166 g/mol. The number of rotatable bonds is 3. The number of hydrogen-bond acceptors (Lipinski definition) is 3. The molecule has 3 nitrogen and oxygen atoms in total. The first-order valence-electron chi connectivity index (χ1n) is 3.90. The number of nitrogens with zero attached hydrogens (tertiary/aromatic N) is 1. The monoisotopic (exact) mass is 177 g/mol. The molecule has 0 atom stereocenters. The molecule has 68 valence electrons. The number of methoxy groups -OCH3 is 1. The molecule has 0 N–H and O–H groups in total. The lowest BCUT2D eigenvalue weighted by Crippen LogP contribution is -1.99. The van der Waals surface area contributed by atoms with E-state index >= 15 is 0 Å². The summed E-state index contributed by atoms with van der Waals surface area (Å²) in [5, 5.41) is 8.67. The summed E-state index contributed by atoms with van der Waals surface area (Å²) >= 11 is 0. The number of ether oxygens (including phenoxy) is 2. The van der Waals surface area contributed by atoms with Gasteiger partial charge in [-0.15, -0.1) is 0 Å². The average molecular weight is 177 g/mol. The Labute approximate surface area is 77.5 Å². The van der Waals surface area contributed by atoms with E-state index in [0.29, 0.717) is 5.56 Å². The molecule has 0 unspecified atom stereocenters. The van der Waals surface area contributed by atoms with Crippen LogP contribution in [0.3, 0.4) is 0 Å². The molecule has 0 aliphatic heterocycles. The minimum absolute atomic E-state index is 0.228. The Balaban J connectivity index is 2.79. The van der Waals surface area contributed by atoms with Crippen LogP contribution in [0.4, 0.5) is 0 Å². The summed E-state index contributed by atoms with van der Waals surface area (Å²) in [6, 6.07) is 7.40. The van der Waals surface area contributed by atoms with Crippen LogP contribution < -0.4 is 4.74 Å². The topological polar surface area (TPSA) is 42.2 Å². The standard InChI is InChI=1S/C10H11NO2/c1-8-5-10(13-7-12-2)4-3-9(8)6-11/h3-5H,7H2,1-2H3. The molecule has 0 radical (unpaired) electrons. The zero-order valence-corrected chi connectivity index (χ0v) is 7.70. The molecule has 1 rings (SSSR count). The molecule has 0 spiro atoms. The number of benzene rings is 1. The van der Waals surface area contributed by atoms with Crippen LogP contribution in [0.2, 0.25) is 0 Å². The second kappa shape index (κ2) is 4.48. The quantitative estimate of drug-likeness (QED) is 0.661. The van der Waals surface area contributed by atoms with Crippen molar-refractivity contribution in [3.05, 3.63) is 29.3 Å². The zero-order chi connectivity index (χ0) is 9.68. The van der Waals surface area contributed by atoms with E-state index in [1.54, 1.807) is 19.2 Å². The molecule has 0 aromatic heterocycles. The maximum atomic E-state index is 8.67. The third-order valence-corrected chi connectivity index (χ3v) is 1.66. The van der Waals surface area contributed by atoms with E-state index < -0.39 is 0 Å². The van der Waals surface area contributed by atoms with Crippen molar-refractivity contribution in [2.45, 2.75) is 6.92 Å². The number of nitriles is 1. The number of hydrogen-bond donors (Lipinski definition) is 0. The first kappa shape index (κ1) is 9.56. The SMILES string of the molecule is COCOc1ccc(C#N)c(C)c1. The van der Waals surface area contributed by atoms with E-state index in [9.17, 15) is 0 Å². The summed E-state index contributed by atoms with van der Waals surface area (Å²) in [6.45, 7) is 2.10. The molecule has 13 heavy (non-hydrogen) atoms. The van der Waals surface area contributed by atoms with Gasteiger partial charge >= 0.3 is 0 Å². The fourth-order valence-corrected chi connectivity index (χ4v) is 0.978. The van der Waals surface area contributed by atoms with Crippen LogP contribution in [0.15, 0.2) is 18.2 Å². The van der Waals surface area contributed by atoms with Gasteiger partial charge in [-0.3, -0.25) is 0 Å². The molecule has 0 amide bonds. The van der Waals surface area contributed by atoms with Crippen LogP contribution in [-0.2, 0) is 4.74 Å². The molecular formula is C10H11NO2. The van der Waals surface area contributed by atoms with Crippen LogP contribution in [0.25, 0.3) is 0 Å². The summed E-state index contributed by atoms with van der Waals surface area (Å²) in [4.78, 5) is 0. The van der Waals surface area contributed by atoms with Gasteiger partial charge in [0.25, 0.3) is 0 Å². The summed E-state index contributed by atoms with van der Waals surface area (Å²) < 4.78 is 9.96. The van der Waals surface area contributed by atoms with Gasteiger partial charge in [0.05, 0.1) is 11.6 Å². The van der Waals surface area contributed by atoms with E-state index in [0.717, 1.165) is 11.3 Å². The fraction of sp³-hybridized carbons (Fsp3) is 0.300. The molecule has 1 aromatic rings. The average Bonchev–Trinajstić information content (AvgIpc) is 2.15. The van der Waals surface area contributed by atoms with Gasteiger partial charge in [-0.25, -0.2) is 0 Å². The van der Waals surface area contributed by atoms with Crippen molar-refractivity contribution in [3.63, 3.8) is 0 Å². The Hall–Kier alpha value is -1.53. The lowest BCUT2D eigenvalue weighted by Gasteiger charge is -2.05. The maximum Gasteiger partial charge on any atom is 0.188 e. The van der Waals surface area contributed by atoms with Crippen molar-refractivity contribution in [3.8, 4) is 11.8 Å². The summed E-state index contributed by atoms with van der Waals surface area (Å²) in [5.41, 5.74) is 1.58. The molecule has 0 saturated carbocycles. The van der Waals surface area contributed by atoms with Crippen LogP contribution in [0, 0.1) is 18.3 Å². The van der Waals surface area contributed by atoms with E-state index in [2.05, 4.69) is 6.07 Å². The Kier molecular flexibility index (Phi) is 3.30. The molecule has 0 aliphatic carbocycles. The van der Waals surface area contributed by atoms with Crippen LogP contribution >= 0.6 is 0 Å². The van der Waals surface area contributed by atoms with Gasteiger partial charge in [-0.2, -0.15) is 5.26 Å². The van der Waals surface area contributed by atoms with Gasteiger partial charge in [-0.1, -0.05) is 0 Å². The van der Waals surface area contributed by atoms with Gasteiger partial charge < -0.3 is 9.47 Å². The van der Waals surface area contributed by atoms with E-state index in [4.69, 9.17) is 14.7 Å². The molecule has 0 aliphatic rings. The van der Waals surface area contributed by atoms with Crippen molar-refractivity contribution in [2.24, 2.45) is 0 Å². The Bertz CT molecular complexity index is 328. The summed E-state index contributed by atoms with van der Waals surface area (Å²) in [7, 11) is 1.57. The largest absolute Gasteiger partial charge is 0.468 e. The predicted octanol–water partition coefficient (Wildman–Crippen LogP) is 1.85. The first-order valence-corrected chi connectivity index (χ1v) is 3.90. The highest BCUT2D eigenvalue weighted by Gasteiger charge is 1.98. The number of aryl methyl sites for hydroxylation is 1. The highest BCUT2D eigenvalue weighted by Crippen LogP contribution is 2.16. The molecule has 0 saturated heterocycles. The summed E-state index contributed by atoms with van der Waals surface area (Å²) in [5.74, 6) is 0.721. The van der Waals surface area contributed by atoms with Crippen molar-refractivity contribution >= 4 is 0 Å². The Morgan fingerprint density at radius 1 is 1.46 bits per heavy atom. The molecule has 0 bridgehead atoms. The van der Waals surface area contributed by atoms with Gasteiger partial charge in [0.15, 0.2) is 6.79 Å². The smallest absolute Gasteiger partial charge is 0.188 e. The van der Waals surface area contributed by atoms with Gasteiger partial charge in [0.1, 0.15) is 5.75 Å². The van der Waals surface area contributed by atoms with E-state index in [1.165, 1.54) is 0 Å². The van der Waals surface area contributed by atoms with Gasteiger partial charge in [-0.05, 0) is 30.7 Å². The normalized spacial score (nSPS) is 9.31. The zero-order valence-electron chi connectivity index (χ0n) is 7.70.